The lowest BCUT2D eigenvalue weighted by Crippen LogP contribution is -2.39. The highest BCUT2D eigenvalue weighted by atomic mass is 16.6. The van der Waals surface area contributed by atoms with E-state index in [1.165, 1.54) is 12.5 Å². The largest absolute Gasteiger partial charge is 0.398 e. The second kappa shape index (κ2) is 5.91. The fourth-order valence-corrected chi connectivity index (χ4v) is 2.86. The van der Waals surface area contributed by atoms with Crippen molar-refractivity contribution in [1.82, 2.24) is 0 Å². The third kappa shape index (κ3) is 3.16. The Balaban J connectivity index is 2.30. The van der Waals surface area contributed by atoms with Crippen molar-refractivity contribution >= 4 is 17.1 Å². The van der Waals surface area contributed by atoms with E-state index in [0.717, 1.165) is 37.9 Å². The summed E-state index contributed by atoms with van der Waals surface area (Å²) in [6.07, 6.45) is 5.80. The number of nitro benzene ring substituents is 1. The first-order valence-electron chi connectivity index (χ1n) is 6.93. The summed E-state index contributed by atoms with van der Waals surface area (Å²) in [4.78, 5) is 12.8. The molecule has 0 bridgehead atoms. The van der Waals surface area contributed by atoms with E-state index in [0.29, 0.717) is 11.7 Å². The van der Waals surface area contributed by atoms with Gasteiger partial charge in [0.2, 0.25) is 0 Å². The average molecular weight is 263 g/mol. The summed E-state index contributed by atoms with van der Waals surface area (Å²) < 4.78 is 0. The quantitative estimate of drug-likeness (QED) is 0.513. The van der Waals surface area contributed by atoms with E-state index in [1.807, 2.05) is 6.07 Å². The maximum Gasteiger partial charge on any atom is 0.273 e. The van der Waals surface area contributed by atoms with Gasteiger partial charge in [-0.1, -0.05) is 13.3 Å². The third-order valence-electron chi connectivity index (χ3n) is 3.72. The molecule has 0 aromatic heterocycles. The topological polar surface area (TPSA) is 72.4 Å². The minimum Gasteiger partial charge on any atom is -0.398 e. The number of hydrogen-bond donors (Lipinski definition) is 1. The Labute approximate surface area is 113 Å². The number of nitro groups is 1. The van der Waals surface area contributed by atoms with Gasteiger partial charge in [-0.15, -0.1) is 0 Å². The third-order valence-corrected chi connectivity index (χ3v) is 3.72. The fraction of sp³-hybridized carbons (Fsp3) is 0.571. The molecular weight excluding hydrogens is 242 g/mol. The van der Waals surface area contributed by atoms with Crippen LogP contribution in [0.3, 0.4) is 0 Å². The molecular formula is C14H21N3O2. The van der Waals surface area contributed by atoms with Gasteiger partial charge in [0.05, 0.1) is 4.92 Å². The van der Waals surface area contributed by atoms with Gasteiger partial charge in [-0.2, -0.15) is 0 Å². The van der Waals surface area contributed by atoms with Crippen LogP contribution in [0.2, 0.25) is 0 Å². The van der Waals surface area contributed by atoms with Gasteiger partial charge < -0.3 is 10.6 Å². The minimum absolute atomic E-state index is 0.0795. The molecule has 2 N–H and O–H groups in total. The number of nitrogens with zero attached hydrogens (tertiary/aromatic N) is 2. The molecule has 104 valence electrons. The SMILES string of the molecule is CCCC1CCCCN1c1cc(N)cc([N+](=O)[O-])c1. The summed E-state index contributed by atoms with van der Waals surface area (Å²) in [5, 5.41) is 10.9. The molecule has 19 heavy (non-hydrogen) atoms. The molecule has 0 amide bonds. The van der Waals surface area contributed by atoms with E-state index in [-0.39, 0.29) is 10.6 Å². The van der Waals surface area contributed by atoms with Crippen molar-refractivity contribution in [1.29, 1.82) is 0 Å². The number of nitrogen functional groups attached to an aromatic ring is 1. The Morgan fingerprint density at radius 3 is 2.89 bits per heavy atom. The molecule has 1 aromatic carbocycles. The first-order valence-corrected chi connectivity index (χ1v) is 6.93. The highest BCUT2D eigenvalue weighted by Gasteiger charge is 2.23. The van der Waals surface area contributed by atoms with Crippen LogP contribution in [0.15, 0.2) is 18.2 Å². The first kappa shape index (κ1) is 13.6. The maximum absolute atomic E-state index is 10.9. The average Bonchev–Trinajstić information content (AvgIpc) is 2.39. The summed E-state index contributed by atoms with van der Waals surface area (Å²) in [5.41, 5.74) is 7.23. The van der Waals surface area contributed by atoms with Crippen molar-refractivity contribution in [3.8, 4) is 0 Å². The van der Waals surface area contributed by atoms with Crippen LogP contribution in [0.1, 0.15) is 39.0 Å². The molecule has 1 heterocycles. The monoisotopic (exact) mass is 263 g/mol. The van der Waals surface area contributed by atoms with Crippen LogP contribution in [-0.4, -0.2) is 17.5 Å². The van der Waals surface area contributed by atoms with E-state index in [4.69, 9.17) is 5.73 Å². The van der Waals surface area contributed by atoms with E-state index >= 15 is 0 Å². The van der Waals surface area contributed by atoms with E-state index in [1.54, 1.807) is 6.07 Å². The second-order valence-corrected chi connectivity index (χ2v) is 5.17. The molecule has 1 atom stereocenters. The van der Waals surface area contributed by atoms with Crippen molar-refractivity contribution in [2.75, 3.05) is 17.2 Å². The normalized spacial score (nSPS) is 19.4. The number of piperidine rings is 1. The summed E-state index contributed by atoms with van der Waals surface area (Å²) in [5.74, 6) is 0. The van der Waals surface area contributed by atoms with E-state index in [9.17, 15) is 10.1 Å². The molecule has 0 aliphatic carbocycles. The molecule has 0 spiro atoms. The van der Waals surface area contributed by atoms with Crippen molar-refractivity contribution in [3.05, 3.63) is 28.3 Å². The van der Waals surface area contributed by atoms with Gasteiger partial charge in [-0.05, 0) is 31.7 Å². The lowest BCUT2D eigenvalue weighted by Gasteiger charge is -2.37. The second-order valence-electron chi connectivity index (χ2n) is 5.17. The molecule has 0 saturated carbocycles. The lowest BCUT2D eigenvalue weighted by molar-refractivity contribution is -0.384. The molecule has 2 rings (SSSR count). The highest BCUT2D eigenvalue weighted by Crippen LogP contribution is 2.31. The molecule has 1 unspecified atom stereocenters. The zero-order valence-corrected chi connectivity index (χ0v) is 11.3. The summed E-state index contributed by atoms with van der Waals surface area (Å²) >= 11 is 0. The molecule has 1 aromatic rings. The smallest absolute Gasteiger partial charge is 0.273 e. The number of nitrogens with two attached hydrogens (primary N) is 1. The Hall–Kier alpha value is -1.78. The Bertz CT molecular complexity index is 460. The van der Waals surface area contributed by atoms with Gasteiger partial charge >= 0.3 is 0 Å². The Morgan fingerprint density at radius 2 is 2.21 bits per heavy atom. The number of rotatable bonds is 4. The van der Waals surface area contributed by atoms with Gasteiger partial charge in [-0.25, -0.2) is 0 Å². The zero-order chi connectivity index (χ0) is 13.8. The molecule has 1 saturated heterocycles. The molecule has 0 radical (unpaired) electrons. The Kier molecular flexibility index (Phi) is 4.24. The van der Waals surface area contributed by atoms with Crippen LogP contribution in [-0.2, 0) is 0 Å². The minimum atomic E-state index is -0.376. The van der Waals surface area contributed by atoms with Gasteiger partial charge in [-0.3, -0.25) is 10.1 Å². The highest BCUT2D eigenvalue weighted by molar-refractivity contribution is 5.63. The van der Waals surface area contributed by atoms with Crippen molar-refractivity contribution < 1.29 is 4.92 Å². The van der Waals surface area contributed by atoms with Crippen LogP contribution in [0.4, 0.5) is 17.1 Å². The maximum atomic E-state index is 10.9. The summed E-state index contributed by atoms with van der Waals surface area (Å²) in [6.45, 7) is 3.14. The number of non-ortho nitro benzene ring substituents is 1. The lowest BCUT2D eigenvalue weighted by atomic mass is 9.97. The van der Waals surface area contributed by atoms with Crippen molar-refractivity contribution in [3.63, 3.8) is 0 Å². The van der Waals surface area contributed by atoms with Crippen molar-refractivity contribution in [2.45, 2.75) is 45.1 Å². The molecule has 5 heteroatoms. The first-order chi connectivity index (χ1) is 9.11. The van der Waals surface area contributed by atoms with Gasteiger partial charge in [0.1, 0.15) is 0 Å². The van der Waals surface area contributed by atoms with Crippen LogP contribution in [0.5, 0.6) is 0 Å². The summed E-state index contributed by atoms with van der Waals surface area (Å²) in [6, 6.07) is 5.40. The molecule has 1 fully saturated rings. The summed E-state index contributed by atoms with van der Waals surface area (Å²) in [7, 11) is 0. The predicted molar refractivity (Wildman–Crippen MR) is 77.4 cm³/mol. The van der Waals surface area contributed by atoms with Crippen molar-refractivity contribution in [2.24, 2.45) is 0 Å². The number of benzene rings is 1. The predicted octanol–water partition coefficient (Wildman–Crippen LogP) is 3.34. The molecule has 5 nitrogen and oxygen atoms in total. The van der Waals surface area contributed by atoms with Crippen LogP contribution in [0.25, 0.3) is 0 Å². The zero-order valence-electron chi connectivity index (χ0n) is 11.3. The van der Waals surface area contributed by atoms with E-state index in [2.05, 4.69) is 11.8 Å². The Morgan fingerprint density at radius 1 is 1.42 bits per heavy atom. The number of anilines is 2. The molecule has 1 aliphatic rings. The van der Waals surface area contributed by atoms with Gasteiger partial charge in [0.25, 0.3) is 5.69 Å². The van der Waals surface area contributed by atoms with Crippen LogP contribution < -0.4 is 10.6 Å². The van der Waals surface area contributed by atoms with Crippen LogP contribution in [0, 0.1) is 10.1 Å². The standard InChI is InChI=1S/C14H21N3O2/c1-2-5-12-6-3-4-7-16(12)13-8-11(15)9-14(10-13)17(18)19/h8-10,12H,2-7,15H2,1H3. The fourth-order valence-electron chi connectivity index (χ4n) is 2.86. The van der Waals surface area contributed by atoms with Gasteiger partial charge in [0, 0.05) is 36.1 Å². The number of hydrogen-bond acceptors (Lipinski definition) is 4. The van der Waals surface area contributed by atoms with E-state index < -0.39 is 0 Å². The van der Waals surface area contributed by atoms with Gasteiger partial charge in [0.15, 0.2) is 0 Å². The molecule has 1 aliphatic heterocycles. The van der Waals surface area contributed by atoms with Crippen LogP contribution >= 0.6 is 0 Å².